The van der Waals surface area contributed by atoms with Crippen LogP contribution in [-0.2, 0) is 0 Å². The topological polar surface area (TPSA) is 45.0 Å². The third-order valence-electron chi connectivity index (χ3n) is 2.53. The molecule has 0 aromatic heterocycles. The highest BCUT2D eigenvalue weighted by Crippen LogP contribution is 2.31. The first-order valence-electron chi connectivity index (χ1n) is 5.44. The standard InChI is InChI=1S/C14H10Cl2N2O/c1-19-14-7-10(3-4-11(14)15)18-13-5-2-9(8-17)6-12(13)16/h2-7,18H,1H3. The van der Waals surface area contributed by atoms with Crippen LogP contribution in [0.15, 0.2) is 36.4 Å². The van der Waals surface area contributed by atoms with Crippen molar-refractivity contribution in [2.45, 2.75) is 0 Å². The molecular weight excluding hydrogens is 283 g/mol. The second kappa shape index (κ2) is 5.83. The fourth-order valence-electron chi connectivity index (χ4n) is 1.58. The Morgan fingerprint density at radius 3 is 2.53 bits per heavy atom. The van der Waals surface area contributed by atoms with Crippen LogP contribution < -0.4 is 10.1 Å². The van der Waals surface area contributed by atoms with Gasteiger partial charge >= 0.3 is 0 Å². The fourth-order valence-corrected chi connectivity index (χ4v) is 2.00. The van der Waals surface area contributed by atoms with Crippen molar-refractivity contribution in [1.82, 2.24) is 0 Å². The van der Waals surface area contributed by atoms with Crippen molar-refractivity contribution in [3.8, 4) is 11.8 Å². The second-order valence-corrected chi connectivity index (χ2v) is 4.60. The maximum absolute atomic E-state index is 8.78. The van der Waals surface area contributed by atoms with E-state index >= 15 is 0 Å². The van der Waals surface area contributed by atoms with Crippen LogP contribution in [0.25, 0.3) is 0 Å². The third-order valence-corrected chi connectivity index (χ3v) is 3.15. The van der Waals surface area contributed by atoms with Crippen molar-refractivity contribution in [1.29, 1.82) is 5.26 Å². The number of hydrogen-bond acceptors (Lipinski definition) is 3. The SMILES string of the molecule is COc1cc(Nc2ccc(C#N)cc2Cl)ccc1Cl. The van der Waals surface area contributed by atoms with E-state index in [9.17, 15) is 0 Å². The number of nitriles is 1. The number of halogens is 2. The highest BCUT2D eigenvalue weighted by molar-refractivity contribution is 6.33. The first-order chi connectivity index (χ1) is 9.13. The van der Waals surface area contributed by atoms with Gasteiger partial charge < -0.3 is 10.1 Å². The van der Waals surface area contributed by atoms with Crippen molar-refractivity contribution >= 4 is 34.6 Å². The molecule has 5 heteroatoms. The Balaban J connectivity index is 2.29. The molecule has 0 heterocycles. The third kappa shape index (κ3) is 3.11. The highest BCUT2D eigenvalue weighted by atomic mass is 35.5. The van der Waals surface area contributed by atoms with Crippen molar-refractivity contribution in [2.75, 3.05) is 12.4 Å². The van der Waals surface area contributed by atoms with Crippen LogP contribution in [0.3, 0.4) is 0 Å². The first-order valence-corrected chi connectivity index (χ1v) is 6.20. The van der Waals surface area contributed by atoms with Gasteiger partial charge in [0.25, 0.3) is 0 Å². The predicted molar refractivity (Wildman–Crippen MR) is 77.5 cm³/mol. The van der Waals surface area contributed by atoms with Crippen molar-refractivity contribution in [3.05, 3.63) is 52.0 Å². The molecule has 1 N–H and O–H groups in total. The summed E-state index contributed by atoms with van der Waals surface area (Å²) in [6, 6.07) is 12.4. The zero-order valence-corrected chi connectivity index (χ0v) is 11.6. The Bertz CT molecular complexity index is 650. The van der Waals surface area contributed by atoms with Crippen LogP contribution in [0.2, 0.25) is 10.0 Å². The Labute approximate surface area is 121 Å². The smallest absolute Gasteiger partial charge is 0.139 e. The fraction of sp³-hybridized carbons (Fsp3) is 0.0714. The Morgan fingerprint density at radius 1 is 1.11 bits per heavy atom. The average Bonchev–Trinajstić information content (AvgIpc) is 2.43. The molecule has 0 bridgehead atoms. The lowest BCUT2D eigenvalue weighted by molar-refractivity contribution is 0.415. The maximum Gasteiger partial charge on any atom is 0.139 e. The number of nitrogens with zero attached hydrogens (tertiary/aromatic N) is 1. The minimum Gasteiger partial charge on any atom is -0.495 e. The molecule has 0 aliphatic carbocycles. The molecule has 0 aliphatic heterocycles. The quantitative estimate of drug-likeness (QED) is 0.898. The van der Waals surface area contributed by atoms with E-state index in [4.69, 9.17) is 33.2 Å². The zero-order chi connectivity index (χ0) is 13.8. The number of methoxy groups -OCH3 is 1. The van der Waals surface area contributed by atoms with E-state index in [0.717, 1.165) is 5.69 Å². The van der Waals surface area contributed by atoms with Gasteiger partial charge in [-0.1, -0.05) is 23.2 Å². The molecule has 0 spiro atoms. The van der Waals surface area contributed by atoms with E-state index in [1.54, 1.807) is 37.4 Å². The summed E-state index contributed by atoms with van der Waals surface area (Å²) < 4.78 is 5.14. The molecule has 0 amide bonds. The molecular formula is C14H10Cl2N2O. The van der Waals surface area contributed by atoms with Crippen molar-refractivity contribution in [2.24, 2.45) is 0 Å². The van der Waals surface area contributed by atoms with Gasteiger partial charge in [-0.3, -0.25) is 0 Å². The van der Waals surface area contributed by atoms with Gasteiger partial charge in [-0.2, -0.15) is 5.26 Å². The number of benzene rings is 2. The number of anilines is 2. The van der Waals surface area contributed by atoms with E-state index in [1.165, 1.54) is 0 Å². The summed E-state index contributed by atoms with van der Waals surface area (Å²) >= 11 is 12.0. The molecule has 2 aromatic carbocycles. The van der Waals surface area contributed by atoms with E-state index < -0.39 is 0 Å². The molecule has 2 rings (SSSR count). The summed E-state index contributed by atoms with van der Waals surface area (Å²) in [6.07, 6.45) is 0. The van der Waals surface area contributed by atoms with Crippen molar-refractivity contribution in [3.63, 3.8) is 0 Å². The number of rotatable bonds is 3. The second-order valence-electron chi connectivity index (χ2n) is 3.78. The summed E-state index contributed by atoms with van der Waals surface area (Å²) in [5.74, 6) is 0.580. The van der Waals surface area contributed by atoms with Crippen LogP contribution in [0.5, 0.6) is 5.75 Å². The predicted octanol–water partition coefficient (Wildman–Crippen LogP) is 4.62. The number of ether oxygens (including phenoxy) is 1. The van der Waals surface area contributed by atoms with Crippen molar-refractivity contribution < 1.29 is 4.74 Å². The molecule has 0 saturated carbocycles. The normalized spacial score (nSPS) is 9.79. The molecule has 0 radical (unpaired) electrons. The Hall–Kier alpha value is -1.89. The molecule has 19 heavy (non-hydrogen) atoms. The van der Waals surface area contributed by atoms with E-state index in [2.05, 4.69) is 5.32 Å². The van der Waals surface area contributed by atoms with E-state index in [0.29, 0.717) is 27.0 Å². The molecule has 3 nitrogen and oxygen atoms in total. The minimum absolute atomic E-state index is 0.480. The van der Waals surface area contributed by atoms with Crippen LogP contribution in [0, 0.1) is 11.3 Å². The lowest BCUT2D eigenvalue weighted by Gasteiger charge is -2.10. The van der Waals surface area contributed by atoms with Gasteiger partial charge in [0.2, 0.25) is 0 Å². The first kappa shape index (κ1) is 13.5. The molecule has 0 aliphatic rings. The van der Waals surface area contributed by atoms with E-state index in [-0.39, 0.29) is 0 Å². The number of hydrogen-bond donors (Lipinski definition) is 1. The zero-order valence-electron chi connectivity index (χ0n) is 10.1. The van der Waals surface area contributed by atoms with Gasteiger partial charge in [-0.15, -0.1) is 0 Å². The lowest BCUT2D eigenvalue weighted by atomic mass is 10.2. The van der Waals surface area contributed by atoms with Gasteiger partial charge in [0.15, 0.2) is 0 Å². The summed E-state index contributed by atoms with van der Waals surface area (Å²) in [7, 11) is 1.56. The Morgan fingerprint density at radius 2 is 1.89 bits per heavy atom. The molecule has 0 unspecified atom stereocenters. The van der Waals surface area contributed by atoms with Gasteiger partial charge in [0.05, 0.1) is 34.5 Å². The van der Waals surface area contributed by atoms with Gasteiger partial charge in [-0.05, 0) is 30.3 Å². The number of nitrogens with one attached hydrogen (secondary N) is 1. The van der Waals surface area contributed by atoms with Crippen LogP contribution in [-0.4, -0.2) is 7.11 Å². The summed E-state index contributed by atoms with van der Waals surface area (Å²) in [4.78, 5) is 0. The Kier molecular flexibility index (Phi) is 4.16. The molecule has 2 aromatic rings. The maximum atomic E-state index is 8.78. The lowest BCUT2D eigenvalue weighted by Crippen LogP contribution is -1.93. The molecule has 96 valence electrons. The largest absolute Gasteiger partial charge is 0.495 e. The van der Waals surface area contributed by atoms with Crippen LogP contribution in [0.1, 0.15) is 5.56 Å². The van der Waals surface area contributed by atoms with Gasteiger partial charge in [-0.25, -0.2) is 0 Å². The summed E-state index contributed by atoms with van der Waals surface area (Å²) in [5, 5.41) is 12.9. The monoisotopic (exact) mass is 292 g/mol. The molecule has 0 fully saturated rings. The van der Waals surface area contributed by atoms with Gasteiger partial charge in [0, 0.05) is 11.8 Å². The summed E-state index contributed by atoms with van der Waals surface area (Å²) in [5.41, 5.74) is 2.03. The van der Waals surface area contributed by atoms with Gasteiger partial charge in [0.1, 0.15) is 5.75 Å². The molecule has 0 atom stereocenters. The van der Waals surface area contributed by atoms with Crippen LogP contribution >= 0.6 is 23.2 Å². The van der Waals surface area contributed by atoms with E-state index in [1.807, 2.05) is 12.1 Å². The highest BCUT2D eigenvalue weighted by Gasteiger charge is 2.05. The summed E-state index contributed by atoms with van der Waals surface area (Å²) in [6.45, 7) is 0. The molecule has 0 saturated heterocycles. The van der Waals surface area contributed by atoms with Crippen LogP contribution in [0.4, 0.5) is 11.4 Å². The average molecular weight is 293 g/mol. The minimum atomic E-state index is 0.480.